The van der Waals surface area contributed by atoms with Crippen molar-refractivity contribution in [2.75, 3.05) is 11.9 Å². The summed E-state index contributed by atoms with van der Waals surface area (Å²) in [5.74, 6) is -1.84. The molecule has 0 unspecified atom stereocenters. The molecule has 0 saturated carbocycles. The molecule has 22 heavy (non-hydrogen) atoms. The van der Waals surface area contributed by atoms with Crippen LogP contribution in [0.1, 0.15) is 5.56 Å². The van der Waals surface area contributed by atoms with Crippen molar-refractivity contribution in [2.24, 2.45) is 0 Å². The molecule has 2 aromatic rings. The van der Waals surface area contributed by atoms with Crippen molar-refractivity contribution >= 4 is 17.5 Å². The van der Waals surface area contributed by atoms with Crippen LogP contribution in [-0.2, 0) is 16.0 Å². The number of carbonyl (C=O) groups excluding carboxylic acids is 2. The summed E-state index contributed by atoms with van der Waals surface area (Å²) < 4.78 is 0. The predicted octanol–water partition coefficient (Wildman–Crippen LogP) is -0.639. The second-order valence-electron chi connectivity index (χ2n) is 4.43. The minimum absolute atomic E-state index is 0.206. The SMILES string of the molecule is O=C(NCCc1ccccc1)C(=O)Nc1c[nH]c(=O)[nH]c1=O. The topological polar surface area (TPSA) is 124 Å². The Morgan fingerprint density at radius 2 is 1.77 bits per heavy atom. The van der Waals surface area contributed by atoms with Crippen molar-refractivity contribution in [1.29, 1.82) is 0 Å². The highest BCUT2D eigenvalue weighted by molar-refractivity contribution is 6.39. The molecule has 0 saturated heterocycles. The number of hydrogen-bond acceptors (Lipinski definition) is 4. The standard InChI is InChI=1S/C14H14N4O4/c19-11-10(8-16-14(22)18-11)17-13(21)12(20)15-7-6-9-4-2-1-3-5-9/h1-5,8H,6-7H2,(H,15,20)(H,17,21)(H2,16,18,19,22). The van der Waals surface area contributed by atoms with Gasteiger partial charge in [0.25, 0.3) is 5.56 Å². The molecule has 0 radical (unpaired) electrons. The van der Waals surface area contributed by atoms with Gasteiger partial charge in [-0.2, -0.15) is 0 Å². The van der Waals surface area contributed by atoms with E-state index in [1.165, 1.54) is 0 Å². The molecule has 0 bridgehead atoms. The van der Waals surface area contributed by atoms with Crippen LogP contribution in [0, 0.1) is 0 Å². The Morgan fingerprint density at radius 3 is 2.45 bits per heavy atom. The summed E-state index contributed by atoms with van der Waals surface area (Å²) in [6.45, 7) is 0.290. The van der Waals surface area contributed by atoms with Crippen molar-refractivity contribution < 1.29 is 9.59 Å². The molecule has 114 valence electrons. The van der Waals surface area contributed by atoms with Gasteiger partial charge >= 0.3 is 17.5 Å². The van der Waals surface area contributed by atoms with Gasteiger partial charge in [-0.1, -0.05) is 30.3 Å². The first kappa shape index (κ1) is 15.2. The maximum absolute atomic E-state index is 11.6. The second-order valence-corrected chi connectivity index (χ2v) is 4.43. The molecular formula is C14H14N4O4. The Bertz CT molecular complexity index is 779. The zero-order chi connectivity index (χ0) is 15.9. The van der Waals surface area contributed by atoms with Gasteiger partial charge in [-0.05, 0) is 12.0 Å². The quantitative estimate of drug-likeness (QED) is 0.561. The normalized spacial score (nSPS) is 10.0. The average molecular weight is 302 g/mol. The van der Waals surface area contributed by atoms with Crippen molar-refractivity contribution in [3.05, 3.63) is 62.9 Å². The molecule has 4 N–H and O–H groups in total. The van der Waals surface area contributed by atoms with Gasteiger partial charge < -0.3 is 15.6 Å². The zero-order valence-electron chi connectivity index (χ0n) is 11.5. The number of hydrogen-bond donors (Lipinski definition) is 4. The molecule has 1 heterocycles. The summed E-state index contributed by atoms with van der Waals surface area (Å²) in [7, 11) is 0. The molecule has 2 amide bonds. The van der Waals surface area contributed by atoms with E-state index in [-0.39, 0.29) is 12.2 Å². The molecule has 0 aliphatic rings. The van der Waals surface area contributed by atoms with E-state index in [4.69, 9.17) is 0 Å². The summed E-state index contributed by atoms with van der Waals surface area (Å²) in [4.78, 5) is 49.6. The Kier molecular flexibility index (Phi) is 4.86. The van der Waals surface area contributed by atoms with Crippen molar-refractivity contribution in [1.82, 2.24) is 15.3 Å². The van der Waals surface area contributed by atoms with Crippen LogP contribution in [0.25, 0.3) is 0 Å². The van der Waals surface area contributed by atoms with Gasteiger partial charge in [0.1, 0.15) is 5.69 Å². The first-order chi connectivity index (χ1) is 10.6. The summed E-state index contributed by atoms with van der Waals surface area (Å²) in [6, 6.07) is 9.47. The molecule has 0 aliphatic heterocycles. The van der Waals surface area contributed by atoms with Gasteiger partial charge in [-0.3, -0.25) is 19.4 Å². The van der Waals surface area contributed by atoms with Crippen LogP contribution in [0.4, 0.5) is 5.69 Å². The van der Waals surface area contributed by atoms with Crippen molar-refractivity contribution in [2.45, 2.75) is 6.42 Å². The number of carbonyl (C=O) groups is 2. The number of amides is 2. The second kappa shape index (κ2) is 7.02. The minimum atomic E-state index is -0.981. The Labute approximate surface area is 124 Å². The van der Waals surface area contributed by atoms with Gasteiger partial charge in [-0.25, -0.2) is 4.79 Å². The monoisotopic (exact) mass is 302 g/mol. The fraction of sp³-hybridized carbons (Fsp3) is 0.143. The molecule has 1 aromatic carbocycles. The number of anilines is 1. The fourth-order valence-electron chi connectivity index (χ4n) is 1.73. The highest BCUT2D eigenvalue weighted by atomic mass is 16.2. The lowest BCUT2D eigenvalue weighted by atomic mass is 10.1. The summed E-state index contributed by atoms with van der Waals surface area (Å²) in [5, 5.41) is 4.57. The molecule has 0 atom stereocenters. The number of benzene rings is 1. The summed E-state index contributed by atoms with van der Waals surface area (Å²) in [5.41, 5.74) is -0.660. The highest BCUT2D eigenvalue weighted by Gasteiger charge is 2.14. The van der Waals surface area contributed by atoms with Crippen LogP contribution in [0.5, 0.6) is 0 Å². The van der Waals surface area contributed by atoms with E-state index in [1.54, 1.807) is 0 Å². The van der Waals surface area contributed by atoms with Crippen LogP contribution in [0.2, 0.25) is 0 Å². The Hall–Kier alpha value is -3.16. The van der Waals surface area contributed by atoms with Crippen molar-refractivity contribution in [3.63, 3.8) is 0 Å². The average Bonchev–Trinajstić information content (AvgIpc) is 2.51. The predicted molar refractivity (Wildman–Crippen MR) is 79.5 cm³/mol. The van der Waals surface area contributed by atoms with Gasteiger partial charge in [0, 0.05) is 12.7 Å². The van der Waals surface area contributed by atoms with Crippen molar-refractivity contribution in [3.8, 4) is 0 Å². The largest absolute Gasteiger partial charge is 0.347 e. The highest BCUT2D eigenvalue weighted by Crippen LogP contribution is 1.98. The zero-order valence-corrected chi connectivity index (χ0v) is 11.5. The maximum Gasteiger partial charge on any atom is 0.325 e. The molecule has 0 fully saturated rings. The first-order valence-corrected chi connectivity index (χ1v) is 6.51. The van der Waals surface area contributed by atoms with E-state index in [0.717, 1.165) is 11.8 Å². The molecule has 1 aromatic heterocycles. The van der Waals surface area contributed by atoms with Gasteiger partial charge in [0.15, 0.2) is 0 Å². The van der Waals surface area contributed by atoms with E-state index >= 15 is 0 Å². The molecule has 0 aliphatic carbocycles. The number of nitrogens with one attached hydrogen (secondary N) is 4. The third-order valence-corrected chi connectivity index (χ3v) is 2.82. The van der Waals surface area contributed by atoms with E-state index in [1.807, 2.05) is 35.3 Å². The molecular weight excluding hydrogens is 288 g/mol. The smallest absolute Gasteiger partial charge is 0.325 e. The maximum atomic E-state index is 11.6. The summed E-state index contributed by atoms with van der Waals surface area (Å²) in [6.07, 6.45) is 1.61. The van der Waals surface area contributed by atoms with Crippen LogP contribution >= 0.6 is 0 Å². The third-order valence-electron chi connectivity index (χ3n) is 2.82. The molecule has 8 heteroatoms. The molecule has 8 nitrogen and oxygen atoms in total. The van der Waals surface area contributed by atoms with Crippen LogP contribution < -0.4 is 21.9 Å². The van der Waals surface area contributed by atoms with Gasteiger partial charge in [0.05, 0.1) is 0 Å². The van der Waals surface area contributed by atoms with Gasteiger partial charge in [0.2, 0.25) is 0 Å². The number of rotatable bonds is 4. The minimum Gasteiger partial charge on any atom is -0.347 e. The number of aromatic amines is 2. The van der Waals surface area contributed by atoms with Crippen LogP contribution in [0.3, 0.4) is 0 Å². The van der Waals surface area contributed by atoms with Crippen LogP contribution in [0.15, 0.2) is 46.1 Å². The number of aromatic nitrogens is 2. The van der Waals surface area contributed by atoms with E-state index in [9.17, 15) is 19.2 Å². The van der Waals surface area contributed by atoms with E-state index in [2.05, 4.69) is 15.6 Å². The Balaban J connectivity index is 1.86. The van der Waals surface area contributed by atoms with Crippen LogP contribution in [-0.4, -0.2) is 28.3 Å². The van der Waals surface area contributed by atoms with E-state index < -0.39 is 23.1 Å². The number of H-pyrrole nitrogens is 2. The Morgan fingerprint density at radius 1 is 1.05 bits per heavy atom. The lowest BCUT2D eigenvalue weighted by Crippen LogP contribution is -2.38. The van der Waals surface area contributed by atoms with E-state index in [0.29, 0.717) is 6.42 Å². The third kappa shape index (κ3) is 4.17. The lowest BCUT2D eigenvalue weighted by molar-refractivity contribution is -0.136. The fourth-order valence-corrected chi connectivity index (χ4v) is 1.73. The molecule has 0 spiro atoms. The molecule has 2 rings (SSSR count). The summed E-state index contributed by atoms with van der Waals surface area (Å²) >= 11 is 0. The van der Waals surface area contributed by atoms with Gasteiger partial charge in [-0.15, -0.1) is 0 Å². The first-order valence-electron chi connectivity index (χ1n) is 6.51. The lowest BCUT2D eigenvalue weighted by Gasteiger charge is -2.05.